The Labute approximate surface area is 85.8 Å². The van der Waals surface area contributed by atoms with Gasteiger partial charge in [-0.3, -0.25) is 0 Å². The number of phenolic OH excluding ortho intramolecular Hbond substituents is 1. The highest BCUT2D eigenvalue weighted by Crippen LogP contribution is 2.34. The van der Waals surface area contributed by atoms with Crippen molar-refractivity contribution in [3.05, 3.63) is 29.3 Å². The van der Waals surface area contributed by atoms with E-state index >= 15 is 0 Å². The van der Waals surface area contributed by atoms with Crippen molar-refractivity contribution in [2.45, 2.75) is 39.0 Å². The highest BCUT2D eigenvalue weighted by molar-refractivity contribution is 5.38. The summed E-state index contributed by atoms with van der Waals surface area (Å²) in [6.45, 7) is 4.24. The Hall–Kier alpha value is -0.980. The zero-order valence-electron chi connectivity index (χ0n) is 8.96. The number of rotatable bonds is 3. The summed E-state index contributed by atoms with van der Waals surface area (Å²) >= 11 is 0. The summed E-state index contributed by atoms with van der Waals surface area (Å²) in [4.78, 5) is 0. The number of phenols is 1. The summed E-state index contributed by atoms with van der Waals surface area (Å²) < 4.78 is 0. The largest absolute Gasteiger partial charge is 0.508 e. The van der Waals surface area contributed by atoms with Gasteiger partial charge in [-0.1, -0.05) is 26.0 Å². The van der Waals surface area contributed by atoms with Crippen molar-refractivity contribution in [3.8, 4) is 5.75 Å². The SMILES string of the molecule is CC(C)c1cc(CC2CC2)ccc1O. The topological polar surface area (TPSA) is 20.2 Å². The zero-order chi connectivity index (χ0) is 10.1. The lowest BCUT2D eigenvalue weighted by Crippen LogP contribution is -1.93. The van der Waals surface area contributed by atoms with Crippen molar-refractivity contribution in [2.24, 2.45) is 5.92 Å². The molecule has 1 saturated carbocycles. The molecule has 0 aliphatic heterocycles. The van der Waals surface area contributed by atoms with Gasteiger partial charge in [-0.25, -0.2) is 0 Å². The number of benzene rings is 1. The first kappa shape index (κ1) is 9.57. The third kappa shape index (κ3) is 2.09. The van der Waals surface area contributed by atoms with Crippen molar-refractivity contribution in [1.29, 1.82) is 0 Å². The fourth-order valence-corrected chi connectivity index (χ4v) is 1.85. The van der Waals surface area contributed by atoms with Crippen LogP contribution in [0, 0.1) is 5.92 Å². The van der Waals surface area contributed by atoms with E-state index in [0.29, 0.717) is 11.7 Å². The lowest BCUT2D eigenvalue weighted by molar-refractivity contribution is 0.464. The standard InChI is InChI=1S/C13H18O/c1-9(2)12-8-11(5-6-13(12)14)7-10-3-4-10/h5-6,8-10,14H,3-4,7H2,1-2H3. The molecule has 0 bridgehead atoms. The van der Waals surface area contributed by atoms with Gasteiger partial charge in [-0.15, -0.1) is 0 Å². The first-order chi connectivity index (χ1) is 6.66. The van der Waals surface area contributed by atoms with Gasteiger partial charge >= 0.3 is 0 Å². The van der Waals surface area contributed by atoms with Crippen molar-refractivity contribution in [2.75, 3.05) is 0 Å². The minimum absolute atomic E-state index is 0.411. The minimum atomic E-state index is 0.411. The molecule has 2 rings (SSSR count). The lowest BCUT2D eigenvalue weighted by atomic mass is 9.97. The number of hydrogen-bond donors (Lipinski definition) is 1. The maximum absolute atomic E-state index is 9.66. The van der Waals surface area contributed by atoms with E-state index in [4.69, 9.17) is 0 Å². The van der Waals surface area contributed by atoms with Gasteiger partial charge in [0, 0.05) is 0 Å². The molecule has 1 aromatic rings. The fourth-order valence-electron chi connectivity index (χ4n) is 1.85. The third-order valence-electron chi connectivity index (χ3n) is 2.94. The Kier molecular flexibility index (Phi) is 2.49. The molecule has 0 amide bonds. The smallest absolute Gasteiger partial charge is 0.119 e. The predicted molar refractivity (Wildman–Crippen MR) is 58.6 cm³/mol. The number of hydrogen-bond acceptors (Lipinski definition) is 1. The molecular weight excluding hydrogens is 172 g/mol. The van der Waals surface area contributed by atoms with Crippen molar-refractivity contribution in [3.63, 3.8) is 0 Å². The van der Waals surface area contributed by atoms with Crippen LogP contribution in [0.25, 0.3) is 0 Å². The minimum Gasteiger partial charge on any atom is -0.508 e. The molecular formula is C13H18O. The van der Waals surface area contributed by atoms with Gasteiger partial charge in [0.15, 0.2) is 0 Å². The summed E-state index contributed by atoms with van der Waals surface area (Å²) in [6, 6.07) is 6.06. The van der Waals surface area contributed by atoms with E-state index in [1.54, 1.807) is 0 Å². The monoisotopic (exact) mass is 190 g/mol. The highest BCUT2D eigenvalue weighted by atomic mass is 16.3. The highest BCUT2D eigenvalue weighted by Gasteiger charge is 2.21. The molecule has 1 fully saturated rings. The Morgan fingerprint density at radius 1 is 1.36 bits per heavy atom. The molecule has 76 valence electrons. The number of aromatic hydroxyl groups is 1. The second-order valence-corrected chi connectivity index (χ2v) is 4.70. The van der Waals surface area contributed by atoms with Crippen LogP contribution < -0.4 is 0 Å². The van der Waals surface area contributed by atoms with E-state index in [-0.39, 0.29) is 0 Å². The van der Waals surface area contributed by atoms with Crippen molar-refractivity contribution >= 4 is 0 Å². The molecule has 0 radical (unpaired) electrons. The molecule has 1 aromatic carbocycles. The normalized spacial score (nSPS) is 16.2. The van der Waals surface area contributed by atoms with Crippen LogP contribution in [-0.4, -0.2) is 5.11 Å². The molecule has 1 heteroatoms. The van der Waals surface area contributed by atoms with Gasteiger partial charge in [0.1, 0.15) is 5.75 Å². The zero-order valence-corrected chi connectivity index (χ0v) is 8.96. The Bertz CT molecular complexity index is 324. The van der Waals surface area contributed by atoms with E-state index in [0.717, 1.165) is 11.5 Å². The molecule has 14 heavy (non-hydrogen) atoms. The van der Waals surface area contributed by atoms with Gasteiger partial charge < -0.3 is 5.11 Å². The van der Waals surface area contributed by atoms with E-state index in [9.17, 15) is 5.11 Å². The third-order valence-corrected chi connectivity index (χ3v) is 2.94. The average Bonchev–Trinajstić information content (AvgIpc) is 2.92. The molecule has 0 saturated heterocycles. The second kappa shape index (κ2) is 3.64. The molecule has 1 nitrogen and oxygen atoms in total. The lowest BCUT2D eigenvalue weighted by Gasteiger charge is -2.10. The summed E-state index contributed by atoms with van der Waals surface area (Å²) in [6.07, 6.45) is 3.97. The van der Waals surface area contributed by atoms with Crippen molar-refractivity contribution in [1.82, 2.24) is 0 Å². The predicted octanol–water partition coefficient (Wildman–Crippen LogP) is 3.47. The van der Waals surface area contributed by atoms with Gasteiger partial charge in [-0.2, -0.15) is 0 Å². The van der Waals surface area contributed by atoms with Crippen LogP contribution in [0.4, 0.5) is 0 Å². The molecule has 0 heterocycles. The van der Waals surface area contributed by atoms with Gasteiger partial charge in [-0.05, 0) is 48.3 Å². The van der Waals surface area contributed by atoms with Crippen LogP contribution in [0.3, 0.4) is 0 Å². The molecule has 0 atom stereocenters. The Balaban J connectivity index is 2.20. The Morgan fingerprint density at radius 2 is 2.07 bits per heavy atom. The van der Waals surface area contributed by atoms with Crippen molar-refractivity contribution < 1.29 is 5.11 Å². The summed E-state index contributed by atoms with van der Waals surface area (Å²) in [5, 5.41) is 9.66. The van der Waals surface area contributed by atoms with Crippen LogP contribution >= 0.6 is 0 Å². The summed E-state index contributed by atoms with van der Waals surface area (Å²) in [5.74, 6) is 1.77. The van der Waals surface area contributed by atoms with Crippen LogP contribution in [-0.2, 0) is 6.42 Å². The van der Waals surface area contributed by atoms with Gasteiger partial charge in [0.2, 0.25) is 0 Å². The molecule has 0 spiro atoms. The molecule has 0 aromatic heterocycles. The van der Waals surface area contributed by atoms with Crippen LogP contribution in [0.2, 0.25) is 0 Å². The molecule has 0 unspecified atom stereocenters. The van der Waals surface area contributed by atoms with E-state index in [1.165, 1.54) is 24.8 Å². The molecule has 1 aliphatic rings. The van der Waals surface area contributed by atoms with E-state index in [2.05, 4.69) is 26.0 Å². The van der Waals surface area contributed by atoms with E-state index < -0.39 is 0 Å². The summed E-state index contributed by atoms with van der Waals surface area (Å²) in [5.41, 5.74) is 2.47. The second-order valence-electron chi connectivity index (χ2n) is 4.70. The van der Waals surface area contributed by atoms with Gasteiger partial charge in [0.25, 0.3) is 0 Å². The average molecular weight is 190 g/mol. The Morgan fingerprint density at radius 3 is 2.64 bits per heavy atom. The fraction of sp³-hybridized carbons (Fsp3) is 0.538. The first-order valence-corrected chi connectivity index (χ1v) is 5.48. The van der Waals surface area contributed by atoms with Crippen LogP contribution in [0.1, 0.15) is 43.7 Å². The summed E-state index contributed by atoms with van der Waals surface area (Å²) in [7, 11) is 0. The first-order valence-electron chi connectivity index (χ1n) is 5.48. The van der Waals surface area contributed by atoms with E-state index in [1.807, 2.05) is 6.07 Å². The molecule has 1 aliphatic carbocycles. The van der Waals surface area contributed by atoms with Crippen LogP contribution in [0.5, 0.6) is 5.75 Å². The molecule has 1 N–H and O–H groups in total. The van der Waals surface area contributed by atoms with Gasteiger partial charge in [0.05, 0.1) is 0 Å². The maximum atomic E-state index is 9.66. The van der Waals surface area contributed by atoms with Crippen LogP contribution in [0.15, 0.2) is 18.2 Å². The maximum Gasteiger partial charge on any atom is 0.119 e. The quantitative estimate of drug-likeness (QED) is 0.773.